The van der Waals surface area contributed by atoms with Gasteiger partial charge in [-0.15, -0.1) is 0 Å². The van der Waals surface area contributed by atoms with Gasteiger partial charge in [0.25, 0.3) is 0 Å². The van der Waals surface area contributed by atoms with Crippen LogP contribution in [0.15, 0.2) is 5.11 Å². The highest BCUT2D eigenvalue weighted by Gasteiger charge is 2.25. The van der Waals surface area contributed by atoms with Gasteiger partial charge in [-0.05, 0) is 25.3 Å². The van der Waals surface area contributed by atoms with Gasteiger partial charge in [0, 0.05) is 4.91 Å². The zero-order chi connectivity index (χ0) is 11.8. The molecule has 16 heavy (non-hydrogen) atoms. The van der Waals surface area contributed by atoms with E-state index in [0.29, 0.717) is 6.61 Å². The molecule has 1 aliphatic rings. The zero-order valence-corrected chi connectivity index (χ0v) is 9.46. The molecule has 0 amide bonds. The minimum Gasteiger partial charge on any atom is -0.464 e. The Morgan fingerprint density at radius 2 is 2.25 bits per heavy atom. The van der Waals surface area contributed by atoms with Gasteiger partial charge in [0.15, 0.2) is 0 Å². The first-order valence-corrected chi connectivity index (χ1v) is 5.59. The molecule has 0 N–H and O–H groups in total. The highest BCUT2D eigenvalue weighted by atomic mass is 16.6. The number of carbonyl (C=O) groups is 1. The second kappa shape index (κ2) is 7.09. The molecule has 6 heteroatoms. The maximum absolute atomic E-state index is 11.1. The summed E-state index contributed by atoms with van der Waals surface area (Å²) < 4.78 is 10.2. The van der Waals surface area contributed by atoms with Crippen LogP contribution in [0.5, 0.6) is 0 Å². The molecule has 1 aliphatic carbocycles. The number of hydrogen-bond acceptors (Lipinski definition) is 4. The average Bonchev–Trinajstić information content (AvgIpc) is 2.29. The summed E-state index contributed by atoms with van der Waals surface area (Å²) in [6, 6.07) is -0.145. The number of esters is 1. The van der Waals surface area contributed by atoms with Gasteiger partial charge >= 0.3 is 5.97 Å². The van der Waals surface area contributed by atoms with E-state index >= 15 is 0 Å². The van der Waals surface area contributed by atoms with Gasteiger partial charge < -0.3 is 9.47 Å². The molecule has 0 saturated heterocycles. The van der Waals surface area contributed by atoms with Crippen molar-refractivity contribution in [1.82, 2.24) is 0 Å². The molecule has 90 valence electrons. The second-order valence-corrected chi connectivity index (χ2v) is 3.71. The van der Waals surface area contributed by atoms with Gasteiger partial charge in [-0.2, -0.15) is 0 Å². The Balaban J connectivity index is 2.37. The van der Waals surface area contributed by atoms with Crippen LogP contribution in [0.3, 0.4) is 0 Å². The van der Waals surface area contributed by atoms with Crippen LogP contribution in [0.25, 0.3) is 10.4 Å². The van der Waals surface area contributed by atoms with E-state index in [1.165, 1.54) is 0 Å². The smallest absolute Gasteiger partial charge is 0.332 e. The lowest BCUT2D eigenvalue weighted by Gasteiger charge is -2.27. The predicted octanol–water partition coefficient (Wildman–Crippen LogP) is 2.19. The first kappa shape index (κ1) is 12.8. The summed E-state index contributed by atoms with van der Waals surface area (Å²) in [5.41, 5.74) is 8.41. The number of carbonyl (C=O) groups excluding carboxylic acids is 1. The molecule has 0 aromatic heterocycles. The van der Waals surface area contributed by atoms with Crippen LogP contribution < -0.4 is 0 Å². The number of nitrogens with zero attached hydrogens (tertiary/aromatic N) is 3. The van der Waals surface area contributed by atoms with Crippen LogP contribution in [0, 0.1) is 0 Å². The van der Waals surface area contributed by atoms with Crippen LogP contribution in [-0.2, 0) is 14.3 Å². The van der Waals surface area contributed by atoms with Gasteiger partial charge in [-0.1, -0.05) is 18.0 Å². The highest BCUT2D eigenvalue weighted by molar-refractivity contribution is 5.70. The molecule has 1 rings (SSSR count). The SMILES string of the molecule is CCOC(=O)COC1CCCCC1N=[N+]=[N-]. The van der Waals surface area contributed by atoms with Gasteiger partial charge in [-0.3, -0.25) is 0 Å². The Morgan fingerprint density at radius 1 is 1.50 bits per heavy atom. The number of rotatable bonds is 5. The van der Waals surface area contributed by atoms with Gasteiger partial charge in [0.1, 0.15) is 6.61 Å². The van der Waals surface area contributed by atoms with Crippen molar-refractivity contribution in [1.29, 1.82) is 0 Å². The first-order chi connectivity index (χ1) is 7.77. The summed E-state index contributed by atoms with van der Waals surface area (Å²) in [6.45, 7) is 2.05. The van der Waals surface area contributed by atoms with E-state index in [9.17, 15) is 4.79 Å². The van der Waals surface area contributed by atoms with Crippen LogP contribution in [-0.4, -0.2) is 31.3 Å². The highest BCUT2D eigenvalue weighted by Crippen LogP contribution is 2.23. The summed E-state index contributed by atoms with van der Waals surface area (Å²) in [6.07, 6.45) is 3.61. The number of azide groups is 1. The van der Waals surface area contributed by atoms with E-state index in [1.807, 2.05) is 0 Å². The molecule has 1 fully saturated rings. The lowest BCUT2D eigenvalue weighted by molar-refractivity contribution is -0.151. The molecule has 0 aromatic carbocycles. The summed E-state index contributed by atoms with van der Waals surface area (Å²) in [5, 5.41) is 3.69. The molecule has 0 spiro atoms. The molecule has 6 nitrogen and oxygen atoms in total. The van der Waals surface area contributed by atoms with Crippen molar-refractivity contribution in [3.63, 3.8) is 0 Å². The van der Waals surface area contributed by atoms with Gasteiger partial charge in [0.2, 0.25) is 0 Å². The quantitative estimate of drug-likeness (QED) is 0.312. The fourth-order valence-electron chi connectivity index (χ4n) is 1.85. The average molecular weight is 227 g/mol. The van der Waals surface area contributed by atoms with Crippen LogP contribution in [0.2, 0.25) is 0 Å². The summed E-state index contributed by atoms with van der Waals surface area (Å²) in [4.78, 5) is 13.9. The molecule has 0 bridgehead atoms. The van der Waals surface area contributed by atoms with Crippen LogP contribution >= 0.6 is 0 Å². The molecule has 0 aromatic rings. The summed E-state index contributed by atoms with van der Waals surface area (Å²) in [7, 11) is 0. The Labute approximate surface area is 94.5 Å². The van der Waals surface area contributed by atoms with E-state index < -0.39 is 0 Å². The minimum absolute atomic E-state index is 0.0596. The van der Waals surface area contributed by atoms with Crippen molar-refractivity contribution < 1.29 is 14.3 Å². The summed E-state index contributed by atoms with van der Waals surface area (Å²) in [5.74, 6) is -0.368. The molecule has 1 saturated carbocycles. The Hall–Kier alpha value is -1.26. The van der Waals surface area contributed by atoms with Crippen molar-refractivity contribution >= 4 is 5.97 Å². The maximum atomic E-state index is 11.1. The molecule has 0 heterocycles. The minimum atomic E-state index is -0.368. The van der Waals surface area contributed by atoms with Gasteiger partial charge in [0.05, 0.1) is 18.8 Å². The maximum Gasteiger partial charge on any atom is 0.332 e. The molecule has 2 unspecified atom stereocenters. The van der Waals surface area contributed by atoms with E-state index in [4.69, 9.17) is 15.0 Å². The molecule has 0 aliphatic heterocycles. The Kier molecular flexibility index (Phi) is 5.67. The molecule has 0 radical (unpaired) electrons. The fourth-order valence-corrected chi connectivity index (χ4v) is 1.85. The van der Waals surface area contributed by atoms with Crippen LogP contribution in [0.1, 0.15) is 32.6 Å². The molecule has 2 atom stereocenters. The normalized spacial score (nSPS) is 24.6. The Morgan fingerprint density at radius 3 is 2.94 bits per heavy atom. The van der Waals surface area contributed by atoms with E-state index in [1.54, 1.807) is 6.92 Å². The van der Waals surface area contributed by atoms with E-state index in [2.05, 4.69) is 10.0 Å². The second-order valence-electron chi connectivity index (χ2n) is 3.71. The monoisotopic (exact) mass is 227 g/mol. The van der Waals surface area contributed by atoms with E-state index in [0.717, 1.165) is 25.7 Å². The van der Waals surface area contributed by atoms with Crippen molar-refractivity contribution in [2.24, 2.45) is 5.11 Å². The Bertz CT molecular complexity index is 276. The molecular weight excluding hydrogens is 210 g/mol. The third-order valence-corrected chi connectivity index (χ3v) is 2.59. The van der Waals surface area contributed by atoms with Crippen molar-refractivity contribution in [2.75, 3.05) is 13.2 Å². The predicted molar refractivity (Wildman–Crippen MR) is 57.8 cm³/mol. The fraction of sp³-hybridized carbons (Fsp3) is 0.900. The zero-order valence-electron chi connectivity index (χ0n) is 9.46. The van der Waals surface area contributed by atoms with Crippen LogP contribution in [0.4, 0.5) is 0 Å². The third-order valence-electron chi connectivity index (χ3n) is 2.59. The van der Waals surface area contributed by atoms with E-state index in [-0.39, 0.29) is 24.7 Å². The standard InChI is InChI=1S/C10H17N3O3/c1-2-15-10(14)7-16-9-6-4-3-5-8(9)12-13-11/h8-9H,2-7H2,1H3. The third kappa shape index (κ3) is 4.08. The lowest BCUT2D eigenvalue weighted by atomic mass is 9.93. The van der Waals surface area contributed by atoms with Crippen molar-refractivity contribution in [3.8, 4) is 0 Å². The topological polar surface area (TPSA) is 84.3 Å². The number of ether oxygens (including phenoxy) is 2. The number of hydrogen-bond donors (Lipinski definition) is 0. The first-order valence-electron chi connectivity index (χ1n) is 5.59. The lowest BCUT2D eigenvalue weighted by Crippen LogP contribution is -2.32. The van der Waals surface area contributed by atoms with Crippen molar-refractivity contribution in [2.45, 2.75) is 44.8 Å². The largest absolute Gasteiger partial charge is 0.464 e. The molecular formula is C10H17N3O3. The van der Waals surface area contributed by atoms with Gasteiger partial charge in [-0.25, -0.2) is 4.79 Å². The summed E-state index contributed by atoms with van der Waals surface area (Å²) >= 11 is 0. The van der Waals surface area contributed by atoms with Crippen molar-refractivity contribution in [3.05, 3.63) is 10.4 Å².